The van der Waals surface area contributed by atoms with Gasteiger partial charge in [0, 0.05) is 0 Å². The normalized spacial score (nSPS) is 22.4. The quantitative estimate of drug-likeness (QED) is 0.579. The lowest BCUT2D eigenvalue weighted by Crippen LogP contribution is -2.03. The van der Waals surface area contributed by atoms with Crippen molar-refractivity contribution in [1.82, 2.24) is 0 Å². The molecule has 0 N–H and O–H groups in total. The zero-order valence-corrected chi connectivity index (χ0v) is 13.1. The minimum Gasteiger partial charge on any atom is -0.454 e. The highest BCUT2D eigenvalue weighted by Crippen LogP contribution is 2.39. The van der Waals surface area contributed by atoms with E-state index < -0.39 is 0 Å². The molecule has 0 radical (unpaired) electrons. The van der Waals surface area contributed by atoms with Crippen LogP contribution in [-0.2, 0) is 11.2 Å². The van der Waals surface area contributed by atoms with Gasteiger partial charge in [-0.1, -0.05) is 24.6 Å². The highest BCUT2D eigenvalue weighted by Gasteiger charge is 2.46. The summed E-state index contributed by atoms with van der Waals surface area (Å²) in [6.07, 6.45) is 7.13. The molecular formula is C18H24O3. The standard InChI is InChI=1S/C18H24O3/c1-4-13(8-10-17-18(2,3)21-17)5-6-14-7-9-15-16(11-14)20-12-19-15/h5,7,9,11,17H,4,6,8,10,12H2,1-3H3/b13-5+. The summed E-state index contributed by atoms with van der Waals surface area (Å²) in [6.45, 7) is 6.90. The average Bonchev–Trinajstić information content (AvgIpc) is 2.88. The number of hydrogen-bond donors (Lipinski definition) is 0. The molecular weight excluding hydrogens is 264 g/mol. The first-order valence-electron chi connectivity index (χ1n) is 7.83. The van der Waals surface area contributed by atoms with Gasteiger partial charge in [0.2, 0.25) is 6.79 Å². The molecule has 3 heteroatoms. The molecule has 3 nitrogen and oxygen atoms in total. The molecule has 2 heterocycles. The van der Waals surface area contributed by atoms with Crippen LogP contribution in [0.4, 0.5) is 0 Å². The molecule has 1 saturated heterocycles. The van der Waals surface area contributed by atoms with Gasteiger partial charge in [-0.2, -0.15) is 0 Å². The lowest BCUT2D eigenvalue weighted by Gasteiger charge is -2.05. The van der Waals surface area contributed by atoms with Crippen LogP contribution in [0.5, 0.6) is 11.5 Å². The Morgan fingerprint density at radius 1 is 1.29 bits per heavy atom. The molecule has 0 aliphatic carbocycles. The van der Waals surface area contributed by atoms with Crippen LogP contribution in [0, 0.1) is 0 Å². The molecule has 21 heavy (non-hydrogen) atoms. The topological polar surface area (TPSA) is 31.0 Å². The molecule has 2 aliphatic heterocycles. The Morgan fingerprint density at radius 3 is 2.76 bits per heavy atom. The fourth-order valence-corrected chi connectivity index (χ4v) is 2.81. The van der Waals surface area contributed by atoms with Gasteiger partial charge >= 0.3 is 0 Å². The summed E-state index contributed by atoms with van der Waals surface area (Å²) in [4.78, 5) is 0. The van der Waals surface area contributed by atoms with Crippen molar-refractivity contribution in [2.45, 2.75) is 58.2 Å². The first-order valence-corrected chi connectivity index (χ1v) is 7.83. The van der Waals surface area contributed by atoms with Crippen LogP contribution < -0.4 is 9.47 Å². The van der Waals surface area contributed by atoms with Crippen molar-refractivity contribution in [1.29, 1.82) is 0 Å². The van der Waals surface area contributed by atoms with Crippen molar-refractivity contribution in [3.05, 3.63) is 35.4 Å². The Hall–Kier alpha value is -1.48. The third kappa shape index (κ3) is 3.41. The van der Waals surface area contributed by atoms with Gasteiger partial charge in [0.15, 0.2) is 11.5 Å². The number of fused-ring (bicyclic) bond motifs is 1. The summed E-state index contributed by atoms with van der Waals surface area (Å²) < 4.78 is 16.4. The van der Waals surface area contributed by atoms with Gasteiger partial charge in [0.1, 0.15) is 0 Å². The Kier molecular flexibility index (Phi) is 3.94. The van der Waals surface area contributed by atoms with E-state index in [0.29, 0.717) is 12.9 Å². The minimum absolute atomic E-state index is 0.107. The summed E-state index contributed by atoms with van der Waals surface area (Å²) in [5.41, 5.74) is 2.89. The molecule has 1 unspecified atom stereocenters. The fourth-order valence-electron chi connectivity index (χ4n) is 2.81. The number of rotatable bonds is 6. The molecule has 0 amide bonds. The smallest absolute Gasteiger partial charge is 0.231 e. The predicted octanol–water partition coefficient (Wildman–Crippen LogP) is 4.25. The SMILES string of the molecule is CC/C(=C\Cc1ccc2c(c1)OCO2)CCC1OC1(C)C. The molecule has 2 aliphatic rings. The minimum atomic E-state index is 0.107. The van der Waals surface area contributed by atoms with Crippen molar-refractivity contribution in [2.24, 2.45) is 0 Å². The van der Waals surface area contributed by atoms with Gasteiger partial charge in [-0.05, 0) is 57.2 Å². The van der Waals surface area contributed by atoms with Crippen LogP contribution in [0.2, 0.25) is 0 Å². The second-order valence-electron chi connectivity index (χ2n) is 6.36. The lowest BCUT2D eigenvalue weighted by molar-refractivity contribution is 0.174. The number of hydrogen-bond acceptors (Lipinski definition) is 3. The van der Waals surface area contributed by atoms with Crippen LogP contribution in [-0.4, -0.2) is 18.5 Å². The molecule has 1 aromatic rings. The van der Waals surface area contributed by atoms with Crippen molar-refractivity contribution >= 4 is 0 Å². The van der Waals surface area contributed by atoms with Crippen LogP contribution in [0.15, 0.2) is 29.8 Å². The van der Waals surface area contributed by atoms with Crippen LogP contribution >= 0.6 is 0 Å². The van der Waals surface area contributed by atoms with Gasteiger partial charge in [0.25, 0.3) is 0 Å². The summed E-state index contributed by atoms with van der Waals surface area (Å²) in [6, 6.07) is 6.20. The van der Waals surface area contributed by atoms with Crippen molar-refractivity contribution in [3.8, 4) is 11.5 Å². The van der Waals surface area contributed by atoms with E-state index in [1.807, 2.05) is 6.07 Å². The number of epoxide rings is 1. The molecule has 0 bridgehead atoms. The highest BCUT2D eigenvalue weighted by atomic mass is 16.7. The summed E-state index contributed by atoms with van der Waals surface area (Å²) >= 11 is 0. The van der Waals surface area contributed by atoms with Gasteiger partial charge in [-0.25, -0.2) is 0 Å². The fraction of sp³-hybridized carbons (Fsp3) is 0.556. The summed E-state index contributed by atoms with van der Waals surface area (Å²) in [5, 5.41) is 0. The zero-order chi connectivity index (χ0) is 14.9. The van der Waals surface area contributed by atoms with E-state index in [-0.39, 0.29) is 5.60 Å². The molecule has 1 atom stereocenters. The van der Waals surface area contributed by atoms with E-state index in [9.17, 15) is 0 Å². The second kappa shape index (κ2) is 5.72. The third-order valence-corrected chi connectivity index (χ3v) is 4.41. The van der Waals surface area contributed by atoms with E-state index in [4.69, 9.17) is 14.2 Å². The monoisotopic (exact) mass is 288 g/mol. The molecule has 0 spiro atoms. The van der Waals surface area contributed by atoms with Crippen LogP contribution in [0.25, 0.3) is 0 Å². The average molecular weight is 288 g/mol. The number of ether oxygens (including phenoxy) is 3. The predicted molar refractivity (Wildman–Crippen MR) is 82.8 cm³/mol. The third-order valence-electron chi connectivity index (χ3n) is 4.41. The Labute approximate surface area is 126 Å². The molecule has 114 valence electrons. The van der Waals surface area contributed by atoms with Gasteiger partial charge in [-0.15, -0.1) is 0 Å². The Morgan fingerprint density at radius 2 is 2.05 bits per heavy atom. The van der Waals surface area contributed by atoms with Crippen molar-refractivity contribution in [3.63, 3.8) is 0 Å². The van der Waals surface area contributed by atoms with E-state index in [1.54, 1.807) is 0 Å². The van der Waals surface area contributed by atoms with Crippen molar-refractivity contribution < 1.29 is 14.2 Å². The Balaban J connectivity index is 1.55. The van der Waals surface area contributed by atoms with Crippen LogP contribution in [0.3, 0.4) is 0 Å². The van der Waals surface area contributed by atoms with E-state index in [0.717, 1.165) is 37.2 Å². The van der Waals surface area contributed by atoms with E-state index >= 15 is 0 Å². The number of allylic oxidation sites excluding steroid dienone is 2. The Bertz CT molecular complexity index is 545. The zero-order valence-electron chi connectivity index (χ0n) is 13.1. The molecule has 1 fully saturated rings. The summed E-state index contributed by atoms with van der Waals surface area (Å²) in [7, 11) is 0. The second-order valence-corrected chi connectivity index (χ2v) is 6.36. The van der Waals surface area contributed by atoms with E-state index in [2.05, 4.69) is 39.0 Å². The molecule has 0 saturated carbocycles. The molecule has 3 rings (SSSR count). The lowest BCUT2D eigenvalue weighted by atomic mass is 9.99. The van der Waals surface area contributed by atoms with Crippen molar-refractivity contribution in [2.75, 3.05) is 6.79 Å². The first kappa shape index (κ1) is 14.5. The van der Waals surface area contributed by atoms with E-state index in [1.165, 1.54) is 11.1 Å². The first-order chi connectivity index (χ1) is 10.1. The van der Waals surface area contributed by atoms with Gasteiger partial charge in [0.05, 0.1) is 11.7 Å². The van der Waals surface area contributed by atoms with Gasteiger partial charge in [-0.3, -0.25) is 0 Å². The maximum absolute atomic E-state index is 5.65. The summed E-state index contributed by atoms with van der Waals surface area (Å²) in [5.74, 6) is 1.72. The van der Waals surface area contributed by atoms with Gasteiger partial charge < -0.3 is 14.2 Å². The van der Waals surface area contributed by atoms with Crippen LogP contribution in [0.1, 0.15) is 45.6 Å². The highest BCUT2D eigenvalue weighted by molar-refractivity contribution is 5.45. The maximum Gasteiger partial charge on any atom is 0.231 e. The molecule has 0 aromatic heterocycles. The number of benzene rings is 1. The maximum atomic E-state index is 5.65. The largest absolute Gasteiger partial charge is 0.454 e. The molecule has 1 aromatic carbocycles.